The monoisotopic (exact) mass is 243 g/mol. The fourth-order valence-electron chi connectivity index (χ4n) is 1.67. The summed E-state index contributed by atoms with van der Waals surface area (Å²) in [5, 5.41) is 12.8. The molecule has 1 heterocycles. The molecule has 1 aromatic rings. The van der Waals surface area contributed by atoms with Crippen molar-refractivity contribution in [3.63, 3.8) is 0 Å². The molecule has 3 heteroatoms. The summed E-state index contributed by atoms with van der Waals surface area (Å²) < 4.78 is 0. The molecule has 0 saturated heterocycles. The lowest BCUT2D eigenvalue weighted by atomic mass is 9.98. The average Bonchev–Trinajstić information content (AvgIpc) is 2.04. The maximum Gasteiger partial charge on any atom is 0.120 e. The number of hydrogen-bond donors (Lipinski definition) is 2. The molecule has 72 valence electrons. The minimum Gasteiger partial charge on any atom is -0.508 e. The van der Waals surface area contributed by atoms with Gasteiger partial charge in [0.2, 0.25) is 0 Å². The van der Waals surface area contributed by atoms with Crippen LogP contribution in [0.1, 0.15) is 18.9 Å². The first-order valence-corrected chi connectivity index (χ1v) is 4.35. The largest absolute Gasteiger partial charge is 0.508 e. The number of halogens is 1. The van der Waals surface area contributed by atoms with Gasteiger partial charge in [-0.1, -0.05) is 6.07 Å². The second-order valence-corrected chi connectivity index (χ2v) is 3.39. The highest BCUT2D eigenvalue weighted by atomic mass is 79.9. The fraction of sp³-hybridized carbons (Fsp3) is 0.400. The summed E-state index contributed by atoms with van der Waals surface area (Å²) in [6, 6.07) is 6.17. The van der Waals surface area contributed by atoms with Gasteiger partial charge in [0.1, 0.15) is 5.75 Å². The van der Waals surface area contributed by atoms with E-state index in [4.69, 9.17) is 0 Å². The van der Waals surface area contributed by atoms with Crippen LogP contribution in [0.5, 0.6) is 5.75 Å². The summed E-state index contributed by atoms with van der Waals surface area (Å²) in [4.78, 5) is 0. The van der Waals surface area contributed by atoms with Gasteiger partial charge < -0.3 is 10.4 Å². The minimum absolute atomic E-state index is 0. The van der Waals surface area contributed by atoms with Crippen molar-refractivity contribution in [1.29, 1.82) is 0 Å². The highest BCUT2D eigenvalue weighted by Crippen LogP contribution is 2.31. The first kappa shape index (κ1) is 10.4. The Hall–Kier alpha value is -0.700. The maximum atomic E-state index is 9.50. The van der Waals surface area contributed by atoms with E-state index in [9.17, 15) is 5.11 Å². The first-order chi connectivity index (χ1) is 5.77. The number of nitrogens with one attached hydrogen (secondary N) is 1. The van der Waals surface area contributed by atoms with E-state index in [1.54, 1.807) is 6.07 Å². The van der Waals surface area contributed by atoms with Gasteiger partial charge in [-0.05, 0) is 31.9 Å². The van der Waals surface area contributed by atoms with Gasteiger partial charge in [0.05, 0.1) is 0 Å². The molecule has 0 bridgehead atoms. The van der Waals surface area contributed by atoms with E-state index in [0.29, 0.717) is 11.8 Å². The second kappa shape index (κ2) is 4.01. The first-order valence-electron chi connectivity index (χ1n) is 4.35. The summed E-state index contributed by atoms with van der Waals surface area (Å²) in [5.41, 5.74) is 2.16. The predicted octanol–water partition coefficient (Wildman–Crippen LogP) is 2.72. The summed E-state index contributed by atoms with van der Waals surface area (Å²) in [5.74, 6) is 0.423. The van der Waals surface area contributed by atoms with Gasteiger partial charge in [-0.25, -0.2) is 0 Å². The lowest BCUT2D eigenvalue weighted by Crippen LogP contribution is -2.21. The number of fused-ring (bicyclic) bond motifs is 1. The summed E-state index contributed by atoms with van der Waals surface area (Å²) >= 11 is 0. The Morgan fingerprint density at radius 3 is 3.00 bits per heavy atom. The molecule has 0 spiro atoms. The lowest BCUT2D eigenvalue weighted by molar-refractivity contribution is 0.464. The van der Waals surface area contributed by atoms with E-state index in [0.717, 1.165) is 24.1 Å². The van der Waals surface area contributed by atoms with Crippen molar-refractivity contribution in [3.05, 3.63) is 23.8 Å². The van der Waals surface area contributed by atoms with Gasteiger partial charge in [-0.15, -0.1) is 17.0 Å². The van der Waals surface area contributed by atoms with E-state index in [2.05, 4.69) is 12.2 Å². The van der Waals surface area contributed by atoms with Crippen LogP contribution in [-0.4, -0.2) is 11.1 Å². The Bertz CT molecular complexity index is 301. The van der Waals surface area contributed by atoms with Crippen molar-refractivity contribution in [1.82, 2.24) is 0 Å². The van der Waals surface area contributed by atoms with Gasteiger partial charge in [0, 0.05) is 17.3 Å². The van der Waals surface area contributed by atoms with Crippen LogP contribution in [0.25, 0.3) is 0 Å². The van der Waals surface area contributed by atoms with E-state index in [1.165, 1.54) is 0 Å². The molecule has 0 radical (unpaired) electrons. The maximum absolute atomic E-state index is 9.50. The zero-order valence-corrected chi connectivity index (χ0v) is 9.29. The molecule has 2 N–H and O–H groups in total. The zero-order chi connectivity index (χ0) is 8.55. The van der Waals surface area contributed by atoms with Crippen LogP contribution in [-0.2, 0) is 6.42 Å². The summed E-state index contributed by atoms with van der Waals surface area (Å²) in [7, 11) is 0. The predicted molar refractivity (Wildman–Crippen MR) is 59.8 cm³/mol. The van der Waals surface area contributed by atoms with Crippen LogP contribution >= 0.6 is 17.0 Å². The normalized spacial score (nSPS) is 19.6. The van der Waals surface area contributed by atoms with E-state index < -0.39 is 0 Å². The molecule has 2 rings (SSSR count). The van der Waals surface area contributed by atoms with Gasteiger partial charge in [0.25, 0.3) is 0 Å². The molecule has 0 saturated carbocycles. The molecule has 0 aliphatic carbocycles. The number of rotatable bonds is 0. The molecule has 2 nitrogen and oxygen atoms in total. The standard InChI is InChI=1S/C10H13NO.BrH/c1-7-5-6-8-9(11-7)3-2-4-10(8)12;/h2-4,7,11-12H,5-6H2,1H3;1H/t7-;/m0./s1. The number of hydrogen-bond acceptors (Lipinski definition) is 2. The quantitative estimate of drug-likeness (QED) is 0.735. The molecule has 13 heavy (non-hydrogen) atoms. The van der Waals surface area contributed by atoms with Crippen LogP contribution < -0.4 is 5.32 Å². The topological polar surface area (TPSA) is 32.3 Å². The van der Waals surface area contributed by atoms with Crippen LogP contribution in [0.15, 0.2) is 18.2 Å². The third-order valence-corrected chi connectivity index (χ3v) is 2.38. The molecule has 1 aromatic carbocycles. The molecule has 0 unspecified atom stereocenters. The van der Waals surface area contributed by atoms with Crippen molar-refractivity contribution in [3.8, 4) is 5.75 Å². The highest BCUT2D eigenvalue weighted by molar-refractivity contribution is 8.93. The van der Waals surface area contributed by atoms with Crippen LogP contribution in [0, 0.1) is 0 Å². The van der Waals surface area contributed by atoms with Gasteiger partial charge >= 0.3 is 0 Å². The minimum atomic E-state index is 0. The average molecular weight is 244 g/mol. The number of phenolic OH excluding ortho intramolecular Hbond substituents is 1. The zero-order valence-electron chi connectivity index (χ0n) is 7.58. The van der Waals surface area contributed by atoms with Crippen molar-refractivity contribution in [2.75, 3.05) is 5.32 Å². The van der Waals surface area contributed by atoms with Crippen LogP contribution in [0.2, 0.25) is 0 Å². The Balaban J connectivity index is 0.000000845. The molecule has 1 atom stereocenters. The summed E-state index contributed by atoms with van der Waals surface area (Å²) in [6.07, 6.45) is 2.08. The molecular weight excluding hydrogens is 230 g/mol. The third-order valence-electron chi connectivity index (χ3n) is 2.38. The second-order valence-electron chi connectivity index (χ2n) is 3.39. The molecule has 1 aliphatic heterocycles. The van der Waals surface area contributed by atoms with E-state index >= 15 is 0 Å². The highest BCUT2D eigenvalue weighted by Gasteiger charge is 2.15. The number of benzene rings is 1. The van der Waals surface area contributed by atoms with E-state index in [1.807, 2.05) is 12.1 Å². The number of phenols is 1. The van der Waals surface area contributed by atoms with Gasteiger partial charge in [-0.2, -0.15) is 0 Å². The molecule has 0 amide bonds. The molecule has 1 aliphatic rings. The van der Waals surface area contributed by atoms with Gasteiger partial charge in [0.15, 0.2) is 0 Å². The van der Waals surface area contributed by atoms with Crippen LogP contribution in [0.4, 0.5) is 5.69 Å². The fourth-order valence-corrected chi connectivity index (χ4v) is 1.67. The smallest absolute Gasteiger partial charge is 0.120 e. The number of aromatic hydroxyl groups is 1. The lowest BCUT2D eigenvalue weighted by Gasteiger charge is -2.24. The molecule has 0 fully saturated rings. The van der Waals surface area contributed by atoms with E-state index in [-0.39, 0.29) is 17.0 Å². The Morgan fingerprint density at radius 1 is 1.46 bits per heavy atom. The van der Waals surface area contributed by atoms with Crippen molar-refractivity contribution in [2.24, 2.45) is 0 Å². The SMILES string of the molecule is Br.C[C@H]1CCc2c(O)cccc2N1. The Labute approximate surface area is 88.7 Å². The molecular formula is C10H14BrNO. The van der Waals surface area contributed by atoms with Crippen molar-refractivity contribution >= 4 is 22.7 Å². The number of anilines is 1. The third kappa shape index (κ3) is 1.97. The van der Waals surface area contributed by atoms with Crippen molar-refractivity contribution in [2.45, 2.75) is 25.8 Å². The Morgan fingerprint density at radius 2 is 2.23 bits per heavy atom. The van der Waals surface area contributed by atoms with Crippen molar-refractivity contribution < 1.29 is 5.11 Å². The van der Waals surface area contributed by atoms with Crippen LogP contribution in [0.3, 0.4) is 0 Å². The molecule has 0 aromatic heterocycles. The van der Waals surface area contributed by atoms with Gasteiger partial charge in [-0.3, -0.25) is 0 Å². The Kier molecular flexibility index (Phi) is 3.20. The summed E-state index contributed by atoms with van der Waals surface area (Å²) in [6.45, 7) is 2.16.